The Morgan fingerprint density at radius 1 is 1.31 bits per heavy atom. The van der Waals surface area contributed by atoms with Crippen LogP contribution in [-0.4, -0.2) is 22.9 Å². The number of hydrogen-bond donors (Lipinski definition) is 1. The molecule has 1 aromatic heterocycles. The van der Waals surface area contributed by atoms with Crippen LogP contribution in [0, 0.1) is 6.92 Å². The molecule has 0 atom stereocenters. The fourth-order valence-corrected chi connectivity index (χ4v) is 2.05. The average molecular weight is 244 g/mol. The summed E-state index contributed by atoms with van der Waals surface area (Å²) in [4.78, 5) is 0. The van der Waals surface area contributed by atoms with Crippen molar-refractivity contribution >= 4 is 11.6 Å². The Labute approximate surface area is 103 Å². The van der Waals surface area contributed by atoms with Gasteiger partial charge in [0.2, 0.25) is 0 Å². The van der Waals surface area contributed by atoms with Crippen LogP contribution >= 0.6 is 11.6 Å². The lowest BCUT2D eigenvalue weighted by Crippen LogP contribution is -2.16. The van der Waals surface area contributed by atoms with Crippen molar-refractivity contribution in [3.63, 3.8) is 0 Å². The van der Waals surface area contributed by atoms with Gasteiger partial charge in [0.25, 0.3) is 0 Å². The highest BCUT2D eigenvalue weighted by molar-refractivity contribution is 6.31. The molecule has 1 heterocycles. The maximum atomic E-state index is 6.18. The van der Waals surface area contributed by atoms with Gasteiger partial charge in [0, 0.05) is 7.05 Å². The van der Waals surface area contributed by atoms with Gasteiger partial charge in [-0.15, -0.1) is 0 Å². The van der Waals surface area contributed by atoms with Crippen LogP contribution in [0.4, 0.5) is 0 Å². The number of aromatic nitrogens is 2. The van der Waals surface area contributed by atoms with Crippen LogP contribution in [0.25, 0.3) is 0 Å². The molecule has 0 unspecified atom stereocenters. The van der Waals surface area contributed by atoms with Crippen LogP contribution in [0.5, 0.6) is 0 Å². The number of hydrogen-bond acceptors (Lipinski definition) is 2. The molecule has 0 aromatic carbocycles. The van der Waals surface area contributed by atoms with E-state index in [1.165, 1.54) is 12.8 Å². The van der Waals surface area contributed by atoms with Crippen molar-refractivity contribution in [3.05, 3.63) is 16.4 Å². The Kier molecular flexibility index (Phi) is 5.85. The zero-order chi connectivity index (χ0) is 12.0. The monoisotopic (exact) mass is 243 g/mol. The van der Waals surface area contributed by atoms with Crippen LogP contribution in [0.3, 0.4) is 0 Å². The molecule has 0 bridgehead atoms. The van der Waals surface area contributed by atoms with Crippen LogP contribution in [0.1, 0.15) is 37.6 Å². The summed E-state index contributed by atoms with van der Waals surface area (Å²) in [5, 5.41) is 8.55. The molecule has 0 aliphatic carbocycles. The summed E-state index contributed by atoms with van der Waals surface area (Å²) in [7, 11) is 1.96. The fourth-order valence-electron chi connectivity index (χ4n) is 1.80. The zero-order valence-electron chi connectivity index (χ0n) is 10.5. The lowest BCUT2D eigenvalue weighted by molar-refractivity contribution is 0.601. The summed E-state index contributed by atoms with van der Waals surface area (Å²) in [5.74, 6) is 0. The molecule has 0 radical (unpaired) electrons. The van der Waals surface area contributed by atoms with Crippen molar-refractivity contribution in [1.82, 2.24) is 15.1 Å². The third-order valence-electron chi connectivity index (χ3n) is 2.71. The summed E-state index contributed by atoms with van der Waals surface area (Å²) in [6, 6.07) is 0. The van der Waals surface area contributed by atoms with Crippen molar-refractivity contribution in [1.29, 1.82) is 0 Å². The Morgan fingerprint density at radius 2 is 2.06 bits per heavy atom. The molecule has 4 heteroatoms. The SMILES string of the molecule is CCCNCCCCc1c(Cl)c(C)nn1C. The quantitative estimate of drug-likeness (QED) is 0.747. The molecule has 0 aliphatic heterocycles. The first-order valence-electron chi connectivity index (χ1n) is 6.05. The number of aryl methyl sites for hydroxylation is 2. The van der Waals surface area contributed by atoms with E-state index < -0.39 is 0 Å². The van der Waals surface area contributed by atoms with Gasteiger partial charge in [-0.05, 0) is 45.7 Å². The van der Waals surface area contributed by atoms with Gasteiger partial charge >= 0.3 is 0 Å². The van der Waals surface area contributed by atoms with Gasteiger partial charge in [-0.25, -0.2) is 0 Å². The first-order chi connectivity index (χ1) is 7.66. The molecule has 3 nitrogen and oxygen atoms in total. The number of nitrogens with zero attached hydrogens (tertiary/aromatic N) is 2. The largest absolute Gasteiger partial charge is 0.317 e. The van der Waals surface area contributed by atoms with Gasteiger partial charge in [0.15, 0.2) is 0 Å². The van der Waals surface area contributed by atoms with E-state index in [4.69, 9.17) is 11.6 Å². The van der Waals surface area contributed by atoms with Gasteiger partial charge in [0.1, 0.15) is 0 Å². The third kappa shape index (κ3) is 3.80. The second kappa shape index (κ2) is 6.92. The first kappa shape index (κ1) is 13.5. The van der Waals surface area contributed by atoms with E-state index in [-0.39, 0.29) is 0 Å². The van der Waals surface area contributed by atoms with Gasteiger partial charge in [-0.2, -0.15) is 5.10 Å². The molecule has 92 valence electrons. The zero-order valence-corrected chi connectivity index (χ0v) is 11.3. The molecule has 1 aromatic rings. The molecule has 0 saturated carbocycles. The van der Waals surface area contributed by atoms with Crippen molar-refractivity contribution in [3.8, 4) is 0 Å². The maximum absolute atomic E-state index is 6.18. The molecule has 0 spiro atoms. The molecule has 0 aliphatic rings. The molecule has 1 rings (SSSR count). The van der Waals surface area contributed by atoms with Gasteiger partial charge in [0.05, 0.1) is 16.4 Å². The highest BCUT2D eigenvalue weighted by Gasteiger charge is 2.09. The summed E-state index contributed by atoms with van der Waals surface area (Å²) >= 11 is 6.18. The normalized spacial score (nSPS) is 11.0. The minimum absolute atomic E-state index is 0.837. The number of nitrogens with one attached hydrogen (secondary N) is 1. The van der Waals surface area contributed by atoms with Crippen LogP contribution in [0.15, 0.2) is 0 Å². The van der Waals surface area contributed by atoms with Crippen LogP contribution in [0.2, 0.25) is 5.02 Å². The lowest BCUT2D eigenvalue weighted by Gasteiger charge is -2.04. The van der Waals surface area contributed by atoms with Crippen LogP contribution in [-0.2, 0) is 13.5 Å². The second-order valence-electron chi connectivity index (χ2n) is 4.18. The standard InChI is InChI=1S/C12H22ClN3/c1-4-8-14-9-6-5-7-11-12(13)10(2)15-16(11)3/h14H,4-9H2,1-3H3. The van der Waals surface area contributed by atoms with Crippen molar-refractivity contribution in [2.24, 2.45) is 7.05 Å². The molecule has 0 fully saturated rings. The van der Waals surface area contributed by atoms with E-state index in [0.717, 1.165) is 42.3 Å². The van der Waals surface area contributed by atoms with E-state index in [1.54, 1.807) is 0 Å². The second-order valence-corrected chi connectivity index (χ2v) is 4.55. The molecular formula is C12H22ClN3. The lowest BCUT2D eigenvalue weighted by atomic mass is 10.2. The summed E-state index contributed by atoms with van der Waals surface area (Å²) in [6.07, 6.45) is 4.58. The Balaban J connectivity index is 2.26. The molecule has 0 saturated heterocycles. The number of rotatable bonds is 7. The Bertz CT molecular complexity index is 320. The summed E-state index contributed by atoms with van der Waals surface area (Å²) in [6.45, 7) is 6.35. The third-order valence-corrected chi connectivity index (χ3v) is 3.20. The van der Waals surface area contributed by atoms with E-state index in [2.05, 4.69) is 17.3 Å². The number of unbranched alkanes of at least 4 members (excludes halogenated alkanes) is 1. The minimum Gasteiger partial charge on any atom is -0.317 e. The number of halogens is 1. The highest BCUT2D eigenvalue weighted by Crippen LogP contribution is 2.20. The molecule has 0 amide bonds. The van der Waals surface area contributed by atoms with E-state index in [9.17, 15) is 0 Å². The smallest absolute Gasteiger partial charge is 0.0846 e. The van der Waals surface area contributed by atoms with Gasteiger partial charge in [-0.1, -0.05) is 18.5 Å². The summed E-state index contributed by atoms with van der Waals surface area (Å²) < 4.78 is 1.90. The highest BCUT2D eigenvalue weighted by atomic mass is 35.5. The minimum atomic E-state index is 0.837. The van der Waals surface area contributed by atoms with E-state index in [0.29, 0.717) is 0 Å². The van der Waals surface area contributed by atoms with Crippen molar-refractivity contribution < 1.29 is 0 Å². The Hall–Kier alpha value is -0.540. The molecule has 16 heavy (non-hydrogen) atoms. The predicted octanol–water partition coefficient (Wildman–Crippen LogP) is 2.70. The molecule has 1 N–H and O–H groups in total. The predicted molar refractivity (Wildman–Crippen MR) is 69.1 cm³/mol. The maximum Gasteiger partial charge on any atom is 0.0846 e. The molecular weight excluding hydrogens is 222 g/mol. The van der Waals surface area contributed by atoms with Gasteiger partial charge in [-0.3, -0.25) is 4.68 Å². The Morgan fingerprint density at radius 3 is 2.62 bits per heavy atom. The average Bonchev–Trinajstić information content (AvgIpc) is 2.49. The van der Waals surface area contributed by atoms with Crippen molar-refractivity contribution in [2.45, 2.75) is 39.5 Å². The topological polar surface area (TPSA) is 29.9 Å². The van der Waals surface area contributed by atoms with Crippen molar-refractivity contribution in [2.75, 3.05) is 13.1 Å². The van der Waals surface area contributed by atoms with E-state index in [1.807, 2.05) is 18.7 Å². The first-order valence-corrected chi connectivity index (χ1v) is 6.43. The summed E-state index contributed by atoms with van der Waals surface area (Å²) in [5.41, 5.74) is 2.10. The van der Waals surface area contributed by atoms with E-state index >= 15 is 0 Å². The van der Waals surface area contributed by atoms with Gasteiger partial charge < -0.3 is 5.32 Å². The van der Waals surface area contributed by atoms with Crippen LogP contribution < -0.4 is 5.32 Å². The fraction of sp³-hybridized carbons (Fsp3) is 0.750.